The molecule has 1 amide bonds. The maximum Gasteiger partial charge on any atom is 0.255 e. The molecule has 0 spiro atoms. The lowest BCUT2D eigenvalue weighted by atomic mass is 9.87. The fourth-order valence-corrected chi connectivity index (χ4v) is 3.24. The van der Waals surface area contributed by atoms with Crippen molar-refractivity contribution >= 4 is 33.5 Å². The first-order valence-electron chi connectivity index (χ1n) is 9.31. The van der Waals surface area contributed by atoms with Gasteiger partial charge in [0.2, 0.25) is 5.43 Å². The molecule has 3 aromatic carbocycles. The van der Waals surface area contributed by atoms with E-state index in [1.54, 1.807) is 24.3 Å². The van der Waals surface area contributed by atoms with Crippen LogP contribution in [0.2, 0.25) is 0 Å². The third kappa shape index (κ3) is 3.51. The minimum atomic E-state index is -0.602. The van der Waals surface area contributed by atoms with E-state index in [9.17, 15) is 14.0 Å². The lowest BCUT2D eigenvalue weighted by Gasteiger charge is -2.19. The Morgan fingerprint density at radius 2 is 1.69 bits per heavy atom. The second-order valence-electron chi connectivity index (χ2n) is 8.04. The van der Waals surface area contributed by atoms with E-state index in [0.29, 0.717) is 16.6 Å². The van der Waals surface area contributed by atoms with Crippen LogP contribution in [0.1, 0.15) is 36.7 Å². The summed E-state index contributed by atoms with van der Waals surface area (Å²) in [5.74, 6) is -0.881. The molecule has 0 fully saturated rings. The van der Waals surface area contributed by atoms with Crippen LogP contribution in [0, 0.1) is 5.82 Å². The fraction of sp³-hybridized carbons (Fsp3) is 0.167. The molecular formula is C24H20FNO3. The Morgan fingerprint density at radius 1 is 0.966 bits per heavy atom. The normalized spacial score (nSPS) is 11.7. The molecule has 0 aliphatic carbocycles. The molecule has 0 saturated carbocycles. The second kappa shape index (κ2) is 6.85. The molecule has 0 saturated heterocycles. The molecule has 1 aromatic heterocycles. The Bertz CT molecular complexity index is 1300. The van der Waals surface area contributed by atoms with Crippen molar-refractivity contribution < 1.29 is 13.6 Å². The number of para-hydroxylation sites is 1. The number of hydrogen-bond donors (Lipinski definition) is 1. The van der Waals surface area contributed by atoms with Crippen molar-refractivity contribution in [3.05, 3.63) is 87.8 Å². The number of fused-ring (bicyclic) bond motifs is 2. The van der Waals surface area contributed by atoms with Crippen LogP contribution in [-0.2, 0) is 5.41 Å². The topological polar surface area (TPSA) is 59.3 Å². The number of halogens is 1. The SMILES string of the molecule is CC(C)(C)c1ccc(C(=O)Nc2ccc3c(=O)c4cccc(F)c4oc3c2)cc1. The van der Waals surface area contributed by atoms with Gasteiger partial charge in [-0.2, -0.15) is 0 Å². The van der Waals surface area contributed by atoms with Gasteiger partial charge in [-0.15, -0.1) is 0 Å². The van der Waals surface area contributed by atoms with Crippen LogP contribution in [0.4, 0.5) is 10.1 Å². The van der Waals surface area contributed by atoms with E-state index in [1.807, 2.05) is 12.1 Å². The van der Waals surface area contributed by atoms with E-state index < -0.39 is 5.82 Å². The van der Waals surface area contributed by atoms with Crippen molar-refractivity contribution in [3.8, 4) is 0 Å². The zero-order valence-corrected chi connectivity index (χ0v) is 16.4. The Kier molecular flexibility index (Phi) is 4.46. The third-order valence-electron chi connectivity index (χ3n) is 4.92. The molecule has 29 heavy (non-hydrogen) atoms. The lowest BCUT2D eigenvalue weighted by Crippen LogP contribution is -2.14. The minimum Gasteiger partial charge on any atom is -0.453 e. The predicted octanol–water partition coefficient (Wildman–Crippen LogP) is 5.64. The van der Waals surface area contributed by atoms with E-state index in [-0.39, 0.29) is 33.3 Å². The molecule has 0 aliphatic rings. The van der Waals surface area contributed by atoms with Crippen molar-refractivity contribution in [2.24, 2.45) is 0 Å². The largest absolute Gasteiger partial charge is 0.453 e. The molecule has 0 aliphatic heterocycles. The molecule has 5 heteroatoms. The van der Waals surface area contributed by atoms with Crippen LogP contribution in [0.25, 0.3) is 21.9 Å². The summed E-state index contributed by atoms with van der Waals surface area (Å²) in [6, 6.07) is 16.4. The molecule has 4 aromatic rings. The predicted molar refractivity (Wildman–Crippen MR) is 113 cm³/mol. The summed E-state index contributed by atoms with van der Waals surface area (Å²) < 4.78 is 19.7. The number of hydrogen-bond acceptors (Lipinski definition) is 3. The van der Waals surface area contributed by atoms with Gasteiger partial charge in [-0.1, -0.05) is 39.0 Å². The van der Waals surface area contributed by atoms with E-state index in [1.165, 1.54) is 24.3 Å². The molecule has 146 valence electrons. The summed E-state index contributed by atoms with van der Waals surface area (Å²) in [5, 5.41) is 3.31. The number of anilines is 1. The highest BCUT2D eigenvalue weighted by Gasteiger charge is 2.15. The first-order valence-corrected chi connectivity index (χ1v) is 9.31. The summed E-state index contributed by atoms with van der Waals surface area (Å²) in [5.41, 5.74) is 1.93. The zero-order chi connectivity index (χ0) is 20.8. The Morgan fingerprint density at radius 3 is 2.38 bits per heavy atom. The van der Waals surface area contributed by atoms with Crippen molar-refractivity contribution in [1.82, 2.24) is 0 Å². The van der Waals surface area contributed by atoms with Gasteiger partial charge in [0.1, 0.15) is 5.58 Å². The van der Waals surface area contributed by atoms with Gasteiger partial charge in [0, 0.05) is 17.3 Å². The van der Waals surface area contributed by atoms with Gasteiger partial charge in [-0.25, -0.2) is 4.39 Å². The second-order valence-corrected chi connectivity index (χ2v) is 8.04. The number of rotatable bonds is 2. The van der Waals surface area contributed by atoms with E-state index >= 15 is 0 Å². The van der Waals surface area contributed by atoms with Gasteiger partial charge in [0.15, 0.2) is 11.4 Å². The van der Waals surface area contributed by atoms with Gasteiger partial charge in [-0.3, -0.25) is 9.59 Å². The van der Waals surface area contributed by atoms with Gasteiger partial charge < -0.3 is 9.73 Å². The first-order chi connectivity index (χ1) is 13.7. The maximum absolute atomic E-state index is 14.0. The summed E-state index contributed by atoms with van der Waals surface area (Å²) in [4.78, 5) is 25.2. The van der Waals surface area contributed by atoms with Crippen LogP contribution in [-0.4, -0.2) is 5.91 Å². The highest BCUT2D eigenvalue weighted by molar-refractivity contribution is 6.05. The average molecular weight is 389 g/mol. The Balaban J connectivity index is 1.68. The number of benzene rings is 3. The maximum atomic E-state index is 14.0. The number of nitrogens with one attached hydrogen (secondary N) is 1. The highest BCUT2D eigenvalue weighted by atomic mass is 19.1. The van der Waals surface area contributed by atoms with Gasteiger partial charge in [0.25, 0.3) is 5.91 Å². The molecular weight excluding hydrogens is 369 g/mol. The summed E-state index contributed by atoms with van der Waals surface area (Å²) >= 11 is 0. The van der Waals surface area contributed by atoms with E-state index in [0.717, 1.165) is 5.56 Å². The third-order valence-corrected chi connectivity index (χ3v) is 4.92. The minimum absolute atomic E-state index is 0.00292. The van der Waals surface area contributed by atoms with Gasteiger partial charge in [0.05, 0.1) is 10.8 Å². The van der Waals surface area contributed by atoms with Crippen LogP contribution in [0.5, 0.6) is 0 Å². The zero-order valence-electron chi connectivity index (χ0n) is 16.4. The molecule has 0 bridgehead atoms. The Hall–Kier alpha value is -3.47. The molecule has 4 nitrogen and oxygen atoms in total. The fourth-order valence-electron chi connectivity index (χ4n) is 3.24. The van der Waals surface area contributed by atoms with E-state index in [4.69, 9.17) is 4.42 Å². The lowest BCUT2D eigenvalue weighted by molar-refractivity contribution is 0.102. The Labute approximate surface area is 167 Å². The van der Waals surface area contributed by atoms with Crippen molar-refractivity contribution in [1.29, 1.82) is 0 Å². The van der Waals surface area contributed by atoms with Crippen LogP contribution < -0.4 is 10.7 Å². The van der Waals surface area contributed by atoms with Gasteiger partial charge >= 0.3 is 0 Å². The number of carbonyl (C=O) groups excluding carboxylic acids is 1. The van der Waals surface area contributed by atoms with Crippen molar-refractivity contribution in [2.45, 2.75) is 26.2 Å². The molecule has 0 atom stereocenters. The van der Waals surface area contributed by atoms with E-state index in [2.05, 4.69) is 26.1 Å². The highest BCUT2D eigenvalue weighted by Crippen LogP contribution is 2.25. The summed E-state index contributed by atoms with van der Waals surface area (Å²) in [7, 11) is 0. The van der Waals surface area contributed by atoms with Crippen molar-refractivity contribution in [3.63, 3.8) is 0 Å². The standard InChI is InChI=1S/C24H20FNO3/c1-24(2,3)15-9-7-14(8-10-15)23(28)26-16-11-12-17-20(13-16)29-22-18(21(17)27)5-4-6-19(22)25/h4-13H,1-3H3,(H,26,28). The van der Waals surface area contributed by atoms with Crippen LogP contribution in [0.15, 0.2) is 69.9 Å². The van der Waals surface area contributed by atoms with Crippen molar-refractivity contribution in [2.75, 3.05) is 5.32 Å². The number of carbonyl (C=O) groups is 1. The van der Waals surface area contributed by atoms with Crippen LogP contribution >= 0.6 is 0 Å². The summed E-state index contributed by atoms with van der Waals surface area (Å²) in [6.07, 6.45) is 0. The first kappa shape index (κ1) is 18.9. The summed E-state index contributed by atoms with van der Waals surface area (Å²) in [6.45, 7) is 6.33. The number of amides is 1. The monoisotopic (exact) mass is 389 g/mol. The molecule has 0 unspecified atom stereocenters. The smallest absolute Gasteiger partial charge is 0.255 e. The average Bonchev–Trinajstić information content (AvgIpc) is 2.68. The van der Waals surface area contributed by atoms with Crippen LogP contribution in [0.3, 0.4) is 0 Å². The molecule has 1 N–H and O–H groups in total. The molecule has 1 heterocycles. The molecule has 0 radical (unpaired) electrons. The quantitative estimate of drug-likeness (QED) is 0.452. The molecule has 4 rings (SSSR count). The van der Waals surface area contributed by atoms with Gasteiger partial charge in [-0.05, 0) is 47.4 Å².